The zero-order valence-corrected chi connectivity index (χ0v) is 13.1. The summed E-state index contributed by atoms with van der Waals surface area (Å²) in [5.74, 6) is 0. The van der Waals surface area contributed by atoms with Gasteiger partial charge in [0.25, 0.3) is 0 Å². The molecule has 1 heterocycles. The number of benzene rings is 1. The molecule has 0 bridgehead atoms. The molecule has 1 aromatic carbocycles. The fraction of sp³-hybridized carbons (Fsp3) is 0.231. The molecule has 3 heteroatoms. The lowest BCUT2D eigenvalue weighted by Gasteiger charge is -2.14. The number of thiophene rings is 1. The second-order valence-corrected chi connectivity index (χ2v) is 7.22. The van der Waals surface area contributed by atoms with Gasteiger partial charge >= 0.3 is 0 Å². The Morgan fingerprint density at radius 3 is 2.19 bits per heavy atom. The van der Waals surface area contributed by atoms with Crippen molar-refractivity contribution in [2.75, 3.05) is 0 Å². The molecular weight excluding hydrogens is 348 g/mol. The average Bonchev–Trinajstić information content (AvgIpc) is 2.64. The van der Waals surface area contributed by atoms with Crippen LogP contribution in [0.3, 0.4) is 0 Å². The Labute approximate surface area is 117 Å². The summed E-state index contributed by atoms with van der Waals surface area (Å²) in [6.45, 7) is 4.33. The van der Waals surface area contributed by atoms with Crippen LogP contribution in [0.2, 0.25) is 0 Å². The Morgan fingerprint density at radius 2 is 1.69 bits per heavy atom. The molecule has 0 aliphatic carbocycles. The van der Waals surface area contributed by atoms with E-state index in [1.165, 1.54) is 25.4 Å². The van der Waals surface area contributed by atoms with Crippen molar-refractivity contribution in [2.45, 2.75) is 18.7 Å². The zero-order valence-electron chi connectivity index (χ0n) is 9.13. The molecule has 1 aromatic heterocycles. The molecule has 0 spiro atoms. The second kappa shape index (κ2) is 5.03. The molecule has 0 N–H and O–H groups in total. The lowest BCUT2D eigenvalue weighted by atomic mass is 9.99. The summed E-state index contributed by atoms with van der Waals surface area (Å²) < 4.78 is 1.18. The van der Waals surface area contributed by atoms with Crippen molar-refractivity contribution in [2.24, 2.45) is 0 Å². The van der Waals surface area contributed by atoms with Crippen LogP contribution in [0.4, 0.5) is 0 Å². The standard InChI is InChI=1S/C13H12Br2S/c1-8-4-3-5-9(2)12(8)13(15)10-6-7-11(14)16-10/h3-7,13H,1-2H3. The number of hydrogen-bond donors (Lipinski definition) is 0. The van der Waals surface area contributed by atoms with E-state index in [9.17, 15) is 0 Å². The van der Waals surface area contributed by atoms with Crippen molar-refractivity contribution >= 4 is 43.2 Å². The summed E-state index contributed by atoms with van der Waals surface area (Å²) in [7, 11) is 0. The van der Waals surface area contributed by atoms with Crippen molar-refractivity contribution in [1.82, 2.24) is 0 Å². The van der Waals surface area contributed by atoms with Crippen LogP contribution in [-0.4, -0.2) is 0 Å². The van der Waals surface area contributed by atoms with Gasteiger partial charge in [0.1, 0.15) is 0 Å². The predicted molar refractivity (Wildman–Crippen MR) is 78.7 cm³/mol. The minimum Gasteiger partial charge on any atom is -0.132 e. The number of hydrogen-bond acceptors (Lipinski definition) is 1. The molecule has 16 heavy (non-hydrogen) atoms. The quantitative estimate of drug-likeness (QED) is 0.611. The zero-order chi connectivity index (χ0) is 11.7. The maximum atomic E-state index is 3.80. The maximum absolute atomic E-state index is 3.80. The number of halogens is 2. The summed E-state index contributed by atoms with van der Waals surface area (Å²) in [5.41, 5.74) is 4.06. The molecule has 0 amide bonds. The molecule has 0 saturated carbocycles. The third-order valence-electron chi connectivity index (χ3n) is 2.64. The monoisotopic (exact) mass is 358 g/mol. The summed E-state index contributed by atoms with van der Waals surface area (Å²) in [6, 6.07) is 10.7. The smallest absolute Gasteiger partial charge is 0.0743 e. The van der Waals surface area contributed by atoms with E-state index in [0.29, 0.717) is 4.83 Å². The number of aryl methyl sites for hydroxylation is 2. The topological polar surface area (TPSA) is 0 Å². The van der Waals surface area contributed by atoms with E-state index < -0.39 is 0 Å². The van der Waals surface area contributed by atoms with Crippen molar-refractivity contribution in [3.05, 3.63) is 55.7 Å². The minimum absolute atomic E-state index is 0.296. The molecule has 0 nitrogen and oxygen atoms in total. The van der Waals surface area contributed by atoms with Crippen LogP contribution in [0.1, 0.15) is 26.4 Å². The van der Waals surface area contributed by atoms with E-state index in [0.717, 1.165) is 0 Å². The van der Waals surface area contributed by atoms with Crippen LogP contribution in [0, 0.1) is 13.8 Å². The lowest BCUT2D eigenvalue weighted by Crippen LogP contribution is -1.96. The van der Waals surface area contributed by atoms with E-state index in [2.05, 4.69) is 76.0 Å². The highest BCUT2D eigenvalue weighted by molar-refractivity contribution is 9.11. The van der Waals surface area contributed by atoms with Gasteiger partial charge in [0.05, 0.1) is 8.61 Å². The Hall–Kier alpha value is -0.120. The fourth-order valence-electron chi connectivity index (χ4n) is 1.83. The van der Waals surface area contributed by atoms with E-state index in [1.807, 2.05) is 0 Å². The van der Waals surface area contributed by atoms with Crippen molar-refractivity contribution in [3.8, 4) is 0 Å². The van der Waals surface area contributed by atoms with Gasteiger partial charge in [-0.25, -0.2) is 0 Å². The molecule has 0 saturated heterocycles. The largest absolute Gasteiger partial charge is 0.132 e. The van der Waals surface area contributed by atoms with E-state index in [1.54, 1.807) is 11.3 Å². The Morgan fingerprint density at radius 1 is 1.06 bits per heavy atom. The first kappa shape index (κ1) is 12.3. The van der Waals surface area contributed by atoms with Crippen LogP contribution in [0.15, 0.2) is 34.1 Å². The normalized spacial score (nSPS) is 12.8. The van der Waals surface area contributed by atoms with Crippen LogP contribution in [0.25, 0.3) is 0 Å². The molecule has 0 aliphatic rings. The van der Waals surface area contributed by atoms with Gasteiger partial charge in [-0.1, -0.05) is 34.1 Å². The first-order valence-corrected chi connectivity index (χ1v) is 7.57. The molecule has 0 fully saturated rings. The van der Waals surface area contributed by atoms with Gasteiger partial charge in [0.15, 0.2) is 0 Å². The highest BCUT2D eigenvalue weighted by Gasteiger charge is 2.16. The van der Waals surface area contributed by atoms with Crippen LogP contribution < -0.4 is 0 Å². The molecule has 1 atom stereocenters. The summed E-state index contributed by atoms with van der Waals surface area (Å²) in [6.07, 6.45) is 0. The summed E-state index contributed by atoms with van der Waals surface area (Å²) in [5, 5.41) is 0. The molecular formula is C13H12Br2S. The Balaban J connectivity index is 2.45. The van der Waals surface area contributed by atoms with Crippen LogP contribution in [-0.2, 0) is 0 Å². The molecule has 2 aromatic rings. The van der Waals surface area contributed by atoms with E-state index in [4.69, 9.17) is 0 Å². The van der Waals surface area contributed by atoms with Gasteiger partial charge in [-0.15, -0.1) is 11.3 Å². The van der Waals surface area contributed by atoms with Gasteiger partial charge < -0.3 is 0 Å². The van der Waals surface area contributed by atoms with Crippen LogP contribution in [0.5, 0.6) is 0 Å². The third-order valence-corrected chi connectivity index (χ3v) is 5.58. The fourth-order valence-corrected chi connectivity index (χ4v) is 4.40. The van der Waals surface area contributed by atoms with Crippen molar-refractivity contribution < 1.29 is 0 Å². The Bertz CT molecular complexity index is 482. The van der Waals surface area contributed by atoms with E-state index in [-0.39, 0.29) is 0 Å². The van der Waals surface area contributed by atoms with Gasteiger partial charge in [-0.3, -0.25) is 0 Å². The molecule has 84 valence electrons. The van der Waals surface area contributed by atoms with Gasteiger partial charge in [0, 0.05) is 4.88 Å². The number of rotatable bonds is 2. The first-order chi connectivity index (χ1) is 7.59. The lowest BCUT2D eigenvalue weighted by molar-refractivity contribution is 1.14. The summed E-state index contributed by atoms with van der Waals surface area (Å²) >= 11 is 9.08. The highest BCUT2D eigenvalue weighted by Crippen LogP contribution is 2.39. The van der Waals surface area contributed by atoms with Gasteiger partial charge in [-0.05, 0) is 58.6 Å². The average molecular weight is 360 g/mol. The summed E-state index contributed by atoms with van der Waals surface area (Å²) in [4.78, 5) is 1.63. The Kier molecular flexibility index (Phi) is 3.88. The molecule has 0 aliphatic heterocycles. The number of alkyl halides is 1. The second-order valence-electron chi connectivity index (χ2n) is 3.81. The van der Waals surface area contributed by atoms with Crippen LogP contribution >= 0.6 is 43.2 Å². The SMILES string of the molecule is Cc1cccc(C)c1C(Br)c1ccc(Br)s1. The van der Waals surface area contributed by atoms with E-state index >= 15 is 0 Å². The maximum Gasteiger partial charge on any atom is 0.0743 e. The third kappa shape index (κ3) is 2.41. The van der Waals surface area contributed by atoms with Crippen molar-refractivity contribution in [1.29, 1.82) is 0 Å². The van der Waals surface area contributed by atoms with Gasteiger partial charge in [-0.2, -0.15) is 0 Å². The molecule has 1 unspecified atom stereocenters. The predicted octanol–water partition coefficient (Wildman–Crippen LogP) is 5.61. The highest BCUT2D eigenvalue weighted by atomic mass is 79.9. The van der Waals surface area contributed by atoms with Gasteiger partial charge in [0.2, 0.25) is 0 Å². The molecule has 0 radical (unpaired) electrons. The molecule has 2 rings (SSSR count). The minimum atomic E-state index is 0.296. The van der Waals surface area contributed by atoms with Crippen molar-refractivity contribution in [3.63, 3.8) is 0 Å². The first-order valence-electron chi connectivity index (χ1n) is 5.05.